The molecule has 17 heavy (non-hydrogen) atoms. The van der Waals surface area contributed by atoms with E-state index in [0.29, 0.717) is 0 Å². The standard InChI is InChI=1S/C16H33N/c1-5-17-16(11-6-8-13(2)3)15-10-7-9-14(4)12-15/h13-17H,5-12H2,1-4H3. The molecule has 1 nitrogen and oxygen atoms in total. The summed E-state index contributed by atoms with van der Waals surface area (Å²) in [6, 6.07) is 0.793. The van der Waals surface area contributed by atoms with Crippen LogP contribution in [-0.2, 0) is 0 Å². The third-order valence-electron chi connectivity index (χ3n) is 4.31. The predicted molar refractivity (Wildman–Crippen MR) is 77.3 cm³/mol. The number of hydrogen-bond donors (Lipinski definition) is 1. The number of rotatable bonds is 7. The van der Waals surface area contributed by atoms with Crippen molar-refractivity contribution in [3.63, 3.8) is 0 Å². The van der Waals surface area contributed by atoms with E-state index in [9.17, 15) is 0 Å². The van der Waals surface area contributed by atoms with Gasteiger partial charge in [0.2, 0.25) is 0 Å². The van der Waals surface area contributed by atoms with Crippen molar-refractivity contribution in [2.24, 2.45) is 17.8 Å². The summed E-state index contributed by atoms with van der Waals surface area (Å²) in [6.07, 6.45) is 10.0. The van der Waals surface area contributed by atoms with Crippen molar-refractivity contribution in [2.75, 3.05) is 6.54 Å². The average Bonchev–Trinajstić information content (AvgIpc) is 2.27. The Morgan fingerprint density at radius 2 is 1.94 bits per heavy atom. The average molecular weight is 239 g/mol. The van der Waals surface area contributed by atoms with Gasteiger partial charge in [-0.3, -0.25) is 0 Å². The molecule has 1 aliphatic carbocycles. The second-order valence-electron chi connectivity index (χ2n) is 6.52. The summed E-state index contributed by atoms with van der Waals surface area (Å²) in [6.45, 7) is 10.5. The molecule has 0 heterocycles. The van der Waals surface area contributed by atoms with E-state index in [1.165, 1.54) is 44.9 Å². The van der Waals surface area contributed by atoms with Gasteiger partial charge in [-0.2, -0.15) is 0 Å². The molecule has 3 unspecified atom stereocenters. The van der Waals surface area contributed by atoms with Crippen molar-refractivity contribution in [1.29, 1.82) is 0 Å². The Kier molecular flexibility index (Phi) is 7.18. The molecule has 3 atom stereocenters. The number of hydrogen-bond acceptors (Lipinski definition) is 1. The summed E-state index contributed by atoms with van der Waals surface area (Å²) in [7, 11) is 0. The van der Waals surface area contributed by atoms with Gasteiger partial charge in [-0.05, 0) is 43.6 Å². The van der Waals surface area contributed by atoms with Crippen LogP contribution in [0.15, 0.2) is 0 Å². The van der Waals surface area contributed by atoms with Crippen LogP contribution in [0.4, 0.5) is 0 Å². The maximum atomic E-state index is 3.75. The highest BCUT2D eigenvalue weighted by atomic mass is 14.9. The molecule has 0 amide bonds. The normalized spacial score (nSPS) is 27.4. The zero-order chi connectivity index (χ0) is 12.7. The van der Waals surface area contributed by atoms with Gasteiger partial charge in [0.25, 0.3) is 0 Å². The van der Waals surface area contributed by atoms with Gasteiger partial charge in [0.15, 0.2) is 0 Å². The maximum Gasteiger partial charge on any atom is 0.00953 e. The van der Waals surface area contributed by atoms with Gasteiger partial charge in [0, 0.05) is 6.04 Å². The van der Waals surface area contributed by atoms with Crippen LogP contribution in [0.5, 0.6) is 0 Å². The van der Waals surface area contributed by atoms with Gasteiger partial charge in [0.1, 0.15) is 0 Å². The smallest absolute Gasteiger partial charge is 0.00953 e. The van der Waals surface area contributed by atoms with Gasteiger partial charge in [-0.25, -0.2) is 0 Å². The van der Waals surface area contributed by atoms with E-state index in [4.69, 9.17) is 0 Å². The molecular weight excluding hydrogens is 206 g/mol. The summed E-state index contributed by atoms with van der Waals surface area (Å²) < 4.78 is 0. The third kappa shape index (κ3) is 5.90. The summed E-state index contributed by atoms with van der Waals surface area (Å²) in [5.74, 6) is 2.77. The fourth-order valence-electron chi connectivity index (χ4n) is 3.36. The van der Waals surface area contributed by atoms with Crippen molar-refractivity contribution >= 4 is 0 Å². The lowest BCUT2D eigenvalue weighted by atomic mass is 9.77. The molecule has 102 valence electrons. The van der Waals surface area contributed by atoms with E-state index in [0.717, 1.165) is 30.3 Å². The minimum Gasteiger partial charge on any atom is -0.314 e. The Balaban J connectivity index is 2.35. The Labute approximate surface area is 109 Å². The van der Waals surface area contributed by atoms with Gasteiger partial charge in [-0.15, -0.1) is 0 Å². The lowest BCUT2D eigenvalue weighted by Gasteiger charge is -2.34. The fourth-order valence-corrected chi connectivity index (χ4v) is 3.36. The Morgan fingerprint density at radius 3 is 2.53 bits per heavy atom. The molecular formula is C16H33N. The van der Waals surface area contributed by atoms with Crippen LogP contribution in [0.3, 0.4) is 0 Å². The van der Waals surface area contributed by atoms with E-state index in [1.54, 1.807) is 0 Å². The molecule has 1 fully saturated rings. The highest BCUT2D eigenvalue weighted by Gasteiger charge is 2.25. The van der Waals surface area contributed by atoms with Gasteiger partial charge in [0.05, 0.1) is 0 Å². The van der Waals surface area contributed by atoms with Gasteiger partial charge < -0.3 is 5.32 Å². The first-order valence-corrected chi connectivity index (χ1v) is 7.86. The molecule has 0 aromatic heterocycles. The summed E-state index contributed by atoms with van der Waals surface area (Å²) in [5, 5.41) is 3.75. The summed E-state index contributed by atoms with van der Waals surface area (Å²) >= 11 is 0. The van der Waals surface area contributed by atoms with E-state index in [1.807, 2.05) is 0 Å². The molecule has 0 spiro atoms. The predicted octanol–water partition coefficient (Wildman–Crippen LogP) is 4.62. The first-order chi connectivity index (χ1) is 8.13. The zero-order valence-electron chi connectivity index (χ0n) is 12.5. The van der Waals surface area contributed by atoms with Crippen LogP contribution in [0.25, 0.3) is 0 Å². The van der Waals surface area contributed by atoms with Crippen LogP contribution in [0.2, 0.25) is 0 Å². The minimum absolute atomic E-state index is 0.793. The first kappa shape index (κ1) is 15.0. The van der Waals surface area contributed by atoms with Gasteiger partial charge in [-0.1, -0.05) is 53.4 Å². The van der Waals surface area contributed by atoms with Crippen LogP contribution in [0, 0.1) is 17.8 Å². The second kappa shape index (κ2) is 8.13. The lowest BCUT2D eigenvalue weighted by Crippen LogP contribution is -2.38. The van der Waals surface area contributed by atoms with Crippen molar-refractivity contribution in [2.45, 2.75) is 78.7 Å². The van der Waals surface area contributed by atoms with Crippen molar-refractivity contribution in [3.05, 3.63) is 0 Å². The van der Waals surface area contributed by atoms with E-state index >= 15 is 0 Å². The molecule has 0 aromatic rings. The SMILES string of the molecule is CCNC(CCCC(C)C)C1CCCC(C)C1. The van der Waals surface area contributed by atoms with E-state index in [2.05, 4.69) is 33.0 Å². The molecule has 1 heteroatoms. The van der Waals surface area contributed by atoms with Crippen molar-refractivity contribution in [1.82, 2.24) is 5.32 Å². The Morgan fingerprint density at radius 1 is 1.18 bits per heavy atom. The highest BCUT2D eigenvalue weighted by molar-refractivity contribution is 4.81. The van der Waals surface area contributed by atoms with Crippen LogP contribution >= 0.6 is 0 Å². The molecule has 1 rings (SSSR count). The Bertz CT molecular complexity index is 188. The molecule has 0 aromatic carbocycles. The third-order valence-corrected chi connectivity index (χ3v) is 4.31. The van der Waals surface area contributed by atoms with E-state index < -0.39 is 0 Å². The fraction of sp³-hybridized carbons (Fsp3) is 1.00. The quantitative estimate of drug-likeness (QED) is 0.683. The number of nitrogens with one attached hydrogen (secondary N) is 1. The van der Waals surface area contributed by atoms with Crippen LogP contribution < -0.4 is 5.32 Å². The molecule has 1 aliphatic rings. The highest BCUT2D eigenvalue weighted by Crippen LogP contribution is 2.32. The summed E-state index contributed by atoms with van der Waals surface area (Å²) in [5.41, 5.74) is 0. The second-order valence-corrected chi connectivity index (χ2v) is 6.52. The Hall–Kier alpha value is -0.0400. The van der Waals surface area contributed by atoms with E-state index in [-0.39, 0.29) is 0 Å². The van der Waals surface area contributed by atoms with Crippen LogP contribution in [0.1, 0.15) is 72.6 Å². The maximum absolute atomic E-state index is 3.75. The van der Waals surface area contributed by atoms with Crippen molar-refractivity contribution in [3.8, 4) is 0 Å². The van der Waals surface area contributed by atoms with Crippen LogP contribution in [-0.4, -0.2) is 12.6 Å². The molecule has 0 bridgehead atoms. The lowest BCUT2D eigenvalue weighted by molar-refractivity contribution is 0.212. The molecule has 1 N–H and O–H groups in total. The van der Waals surface area contributed by atoms with Gasteiger partial charge >= 0.3 is 0 Å². The molecule has 0 radical (unpaired) electrons. The van der Waals surface area contributed by atoms with Crippen molar-refractivity contribution < 1.29 is 0 Å². The zero-order valence-corrected chi connectivity index (χ0v) is 12.5. The summed E-state index contributed by atoms with van der Waals surface area (Å²) in [4.78, 5) is 0. The molecule has 0 aliphatic heterocycles. The monoisotopic (exact) mass is 239 g/mol. The molecule has 1 saturated carbocycles. The molecule has 0 saturated heterocycles. The first-order valence-electron chi connectivity index (χ1n) is 7.86. The topological polar surface area (TPSA) is 12.0 Å². The minimum atomic E-state index is 0.793. The largest absolute Gasteiger partial charge is 0.314 e.